The van der Waals surface area contributed by atoms with E-state index in [0.29, 0.717) is 11.7 Å². The van der Waals surface area contributed by atoms with Crippen LogP contribution in [0.5, 0.6) is 5.75 Å². The van der Waals surface area contributed by atoms with Crippen molar-refractivity contribution in [1.29, 1.82) is 0 Å². The van der Waals surface area contributed by atoms with Crippen molar-refractivity contribution in [1.82, 2.24) is 10.2 Å². The molecule has 2 aromatic rings. The molecule has 0 saturated heterocycles. The van der Waals surface area contributed by atoms with E-state index in [1.54, 1.807) is 7.11 Å². The molecule has 3 N–H and O–H groups in total. The number of anilines is 1. The van der Waals surface area contributed by atoms with E-state index in [0.717, 1.165) is 35.4 Å². The molecule has 4 heteroatoms. The number of nitrogens with zero attached hydrogens (tertiary/aromatic N) is 1. The molecular formula is C15H21N3O. The summed E-state index contributed by atoms with van der Waals surface area (Å²) in [6.07, 6.45) is 2.23. The Labute approximate surface area is 114 Å². The third-order valence-electron chi connectivity index (χ3n) is 3.41. The maximum absolute atomic E-state index is 6.03. The van der Waals surface area contributed by atoms with Crippen LogP contribution >= 0.6 is 0 Å². The molecule has 0 spiro atoms. The van der Waals surface area contributed by atoms with Gasteiger partial charge in [-0.1, -0.05) is 38.5 Å². The van der Waals surface area contributed by atoms with E-state index in [9.17, 15) is 0 Å². The number of hydrogen-bond donors (Lipinski definition) is 2. The number of ether oxygens (including phenoxy) is 1. The number of para-hydroxylation sites is 1. The van der Waals surface area contributed by atoms with Gasteiger partial charge in [0.25, 0.3) is 0 Å². The molecule has 0 bridgehead atoms. The average molecular weight is 259 g/mol. The summed E-state index contributed by atoms with van der Waals surface area (Å²) in [5, 5.41) is 7.25. The molecule has 1 aromatic carbocycles. The lowest BCUT2D eigenvalue weighted by molar-refractivity contribution is 0.416. The van der Waals surface area contributed by atoms with E-state index in [4.69, 9.17) is 10.5 Å². The maximum atomic E-state index is 6.03. The van der Waals surface area contributed by atoms with E-state index < -0.39 is 0 Å². The molecule has 1 atom stereocenters. The van der Waals surface area contributed by atoms with Crippen LogP contribution in [0.3, 0.4) is 0 Å². The molecule has 19 heavy (non-hydrogen) atoms. The Morgan fingerprint density at radius 1 is 1.37 bits per heavy atom. The van der Waals surface area contributed by atoms with E-state index in [1.165, 1.54) is 0 Å². The van der Waals surface area contributed by atoms with Gasteiger partial charge in [-0.15, -0.1) is 0 Å². The molecule has 0 saturated carbocycles. The van der Waals surface area contributed by atoms with Gasteiger partial charge in [-0.3, -0.25) is 5.10 Å². The molecule has 4 nitrogen and oxygen atoms in total. The predicted molar refractivity (Wildman–Crippen MR) is 78.3 cm³/mol. The fourth-order valence-electron chi connectivity index (χ4n) is 2.44. The fourth-order valence-corrected chi connectivity index (χ4v) is 2.44. The number of nitrogens with two attached hydrogens (primary N) is 1. The van der Waals surface area contributed by atoms with Crippen molar-refractivity contribution in [3.63, 3.8) is 0 Å². The van der Waals surface area contributed by atoms with Crippen molar-refractivity contribution in [2.75, 3.05) is 12.8 Å². The first-order valence-corrected chi connectivity index (χ1v) is 6.66. The standard InChI is InChI=1S/C15H21N3O/c1-4-7-10(2)14-13(15(16)18-17-14)11-8-5-6-9-12(11)19-3/h5-6,8-10H,4,7H2,1-3H3,(H3,16,17,18). The number of benzene rings is 1. The van der Waals surface area contributed by atoms with Crippen molar-refractivity contribution in [2.45, 2.75) is 32.6 Å². The normalized spacial score (nSPS) is 12.4. The van der Waals surface area contributed by atoms with Crippen LogP contribution in [0.25, 0.3) is 11.1 Å². The van der Waals surface area contributed by atoms with Gasteiger partial charge in [0.1, 0.15) is 5.75 Å². The Morgan fingerprint density at radius 2 is 2.11 bits per heavy atom. The van der Waals surface area contributed by atoms with Crippen LogP contribution in [0.4, 0.5) is 5.82 Å². The first-order valence-electron chi connectivity index (χ1n) is 6.66. The fraction of sp³-hybridized carbons (Fsp3) is 0.400. The van der Waals surface area contributed by atoms with Crippen LogP contribution in [0.15, 0.2) is 24.3 Å². The monoisotopic (exact) mass is 259 g/mol. The van der Waals surface area contributed by atoms with E-state index in [1.807, 2.05) is 24.3 Å². The van der Waals surface area contributed by atoms with Gasteiger partial charge < -0.3 is 10.5 Å². The highest BCUT2D eigenvalue weighted by atomic mass is 16.5. The lowest BCUT2D eigenvalue weighted by Gasteiger charge is -2.13. The minimum Gasteiger partial charge on any atom is -0.496 e. The highest BCUT2D eigenvalue weighted by Gasteiger charge is 2.20. The highest BCUT2D eigenvalue weighted by Crippen LogP contribution is 2.38. The van der Waals surface area contributed by atoms with Gasteiger partial charge in [-0.05, 0) is 18.4 Å². The largest absolute Gasteiger partial charge is 0.496 e. The van der Waals surface area contributed by atoms with Gasteiger partial charge in [0.15, 0.2) is 5.82 Å². The molecule has 102 valence electrons. The van der Waals surface area contributed by atoms with Crippen molar-refractivity contribution < 1.29 is 4.74 Å². The molecule has 0 amide bonds. The zero-order chi connectivity index (χ0) is 13.8. The minimum atomic E-state index is 0.398. The molecule has 2 rings (SSSR count). The third-order valence-corrected chi connectivity index (χ3v) is 3.41. The quantitative estimate of drug-likeness (QED) is 0.862. The van der Waals surface area contributed by atoms with Crippen LogP contribution in [-0.4, -0.2) is 17.3 Å². The summed E-state index contributed by atoms with van der Waals surface area (Å²) in [4.78, 5) is 0. The summed E-state index contributed by atoms with van der Waals surface area (Å²) >= 11 is 0. The molecule has 0 aliphatic rings. The number of aromatic amines is 1. The number of nitrogen functional groups attached to an aromatic ring is 1. The topological polar surface area (TPSA) is 63.9 Å². The van der Waals surface area contributed by atoms with Gasteiger partial charge >= 0.3 is 0 Å². The Bertz CT molecular complexity index is 548. The summed E-state index contributed by atoms with van der Waals surface area (Å²) in [7, 11) is 1.67. The van der Waals surface area contributed by atoms with Crippen LogP contribution in [0, 0.1) is 0 Å². The molecular weight excluding hydrogens is 238 g/mol. The third kappa shape index (κ3) is 2.57. The van der Waals surface area contributed by atoms with E-state index >= 15 is 0 Å². The van der Waals surface area contributed by atoms with Gasteiger partial charge in [-0.2, -0.15) is 5.10 Å². The van der Waals surface area contributed by atoms with Crippen LogP contribution in [0.2, 0.25) is 0 Å². The summed E-state index contributed by atoms with van der Waals surface area (Å²) in [5.74, 6) is 1.75. The van der Waals surface area contributed by atoms with Crippen molar-refractivity contribution >= 4 is 5.82 Å². The first kappa shape index (κ1) is 13.5. The smallest absolute Gasteiger partial charge is 0.153 e. The summed E-state index contributed by atoms with van der Waals surface area (Å²) < 4.78 is 5.42. The van der Waals surface area contributed by atoms with Gasteiger partial charge in [0, 0.05) is 11.3 Å². The zero-order valence-corrected chi connectivity index (χ0v) is 11.7. The molecule has 1 heterocycles. The summed E-state index contributed by atoms with van der Waals surface area (Å²) in [5.41, 5.74) is 9.09. The second-order valence-corrected chi connectivity index (χ2v) is 4.79. The van der Waals surface area contributed by atoms with Crippen LogP contribution in [0.1, 0.15) is 38.3 Å². The van der Waals surface area contributed by atoms with E-state index in [-0.39, 0.29) is 0 Å². The molecule has 1 aromatic heterocycles. The second-order valence-electron chi connectivity index (χ2n) is 4.79. The number of hydrogen-bond acceptors (Lipinski definition) is 3. The number of rotatable bonds is 5. The van der Waals surface area contributed by atoms with Crippen LogP contribution in [-0.2, 0) is 0 Å². The number of methoxy groups -OCH3 is 1. The second kappa shape index (κ2) is 5.78. The van der Waals surface area contributed by atoms with Crippen molar-refractivity contribution in [2.24, 2.45) is 0 Å². The zero-order valence-electron chi connectivity index (χ0n) is 11.7. The molecule has 0 fully saturated rings. The molecule has 0 radical (unpaired) electrons. The van der Waals surface area contributed by atoms with Gasteiger partial charge in [0.2, 0.25) is 0 Å². The molecule has 0 aliphatic heterocycles. The van der Waals surface area contributed by atoms with Gasteiger partial charge in [0.05, 0.1) is 12.7 Å². The first-order chi connectivity index (χ1) is 9.19. The molecule has 1 unspecified atom stereocenters. The van der Waals surface area contributed by atoms with Gasteiger partial charge in [-0.25, -0.2) is 0 Å². The number of nitrogens with one attached hydrogen (secondary N) is 1. The Kier molecular flexibility index (Phi) is 4.10. The lowest BCUT2D eigenvalue weighted by Crippen LogP contribution is -1.98. The van der Waals surface area contributed by atoms with Crippen molar-refractivity contribution in [3.05, 3.63) is 30.0 Å². The van der Waals surface area contributed by atoms with E-state index in [2.05, 4.69) is 24.0 Å². The summed E-state index contributed by atoms with van der Waals surface area (Å²) in [6.45, 7) is 4.37. The van der Waals surface area contributed by atoms with Crippen molar-refractivity contribution in [3.8, 4) is 16.9 Å². The Morgan fingerprint density at radius 3 is 2.79 bits per heavy atom. The number of H-pyrrole nitrogens is 1. The minimum absolute atomic E-state index is 0.398. The maximum Gasteiger partial charge on any atom is 0.153 e. The predicted octanol–water partition coefficient (Wildman–Crippen LogP) is 3.57. The Balaban J connectivity index is 2.52. The van der Waals surface area contributed by atoms with Crippen LogP contribution < -0.4 is 10.5 Å². The summed E-state index contributed by atoms with van der Waals surface area (Å²) in [6, 6.07) is 7.89. The SMILES string of the molecule is CCCC(C)c1[nH]nc(N)c1-c1ccccc1OC. The average Bonchev–Trinajstić information content (AvgIpc) is 2.81. The molecule has 0 aliphatic carbocycles. The lowest BCUT2D eigenvalue weighted by atomic mass is 9.94. The number of aromatic nitrogens is 2. The Hall–Kier alpha value is -1.97. The highest BCUT2D eigenvalue weighted by molar-refractivity contribution is 5.81.